The van der Waals surface area contributed by atoms with Crippen LogP contribution in [0.5, 0.6) is 0 Å². The Bertz CT molecular complexity index is 322. The van der Waals surface area contributed by atoms with Gasteiger partial charge in [-0.3, -0.25) is 0 Å². The van der Waals surface area contributed by atoms with Crippen LogP contribution in [0.2, 0.25) is 6.04 Å². The maximum Gasteiger partial charge on any atom is 0.673 e. The van der Waals surface area contributed by atoms with E-state index in [4.69, 9.17) is 13.3 Å². The first-order valence-electron chi connectivity index (χ1n) is 9.30. The standard InChI is InChI=1S/C15H34NO3Si.BF4/c1-5-16(12-10-9-11-13-16)14-15-20(17-6-2,18-7-3)19-8-4;2-1(3,4)5/h5-15H2,1-4H3;/q+1;-1. The predicted molar refractivity (Wildman–Crippen MR) is 94.9 cm³/mol. The van der Waals surface area contributed by atoms with Gasteiger partial charge < -0.3 is 35.0 Å². The number of halogens is 4. The largest absolute Gasteiger partial charge is 0.673 e. The van der Waals surface area contributed by atoms with Crippen LogP contribution in [0.25, 0.3) is 0 Å². The molecule has 0 radical (unpaired) electrons. The topological polar surface area (TPSA) is 27.7 Å². The van der Waals surface area contributed by atoms with E-state index >= 15 is 0 Å². The van der Waals surface area contributed by atoms with Gasteiger partial charge in [-0.05, 0) is 47.0 Å². The van der Waals surface area contributed by atoms with Crippen LogP contribution in [-0.4, -0.2) is 66.5 Å². The number of hydrogen-bond acceptors (Lipinski definition) is 3. The number of nitrogens with zero attached hydrogens (tertiary/aromatic N) is 1. The lowest BCUT2D eigenvalue weighted by molar-refractivity contribution is -0.929. The summed E-state index contributed by atoms with van der Waals surface area (Å²) in [5.41, 5.74) is 0. The van der Waals surface area contributed by atoms with Crippen LogP contribution in [-0.2, 0) is 13.3 Å². The van der Waals surface area contributed by atoms with Gasteiger partial charge in [-0.2, -0.15) is 0 Å². The molecular formula is C15H34BF4NO3Si. The van der Waals surface area contributed by atoms with Crippen molar-refractivity contribution < 1.29 is 35.0 Å². The van der Waals surface area contributed by atoms with E-state index in [0.717, 1.165) is 12.6 Å². The summed E-state index contributed by atoms with van der Waals surface area (Å²) >= 11 is 0. The van der Waals surface area contributed by atoms with E-state index < -0.39 is 16.1 Å². The number of quaternary nitrogens is 1. The second-order valence-electron chi connectivity index (χ2n) is 6.12. The lowest BCUT2D eigenvalue weighted by Gasteiger charge is -2.42. The van der Waals surface area contributed by atoms with Crippen LogP contribution in [0.4, 0.5) is 17.3 Å². The zero-order valence-corrected chi connectivity index (χ0v) is 17.0. The second kappa shape index (κ2) is 12.3. The van der Waals surface area contributed by atoms with Gasteiger partial charge in [0.25, 0.3) is 0 Å². The highest BCUT2D eigenvalue weighted by atomic mass is 28.4. The Kier molecular flexibility index (Phi) is 12.2. The number of piperidine rings is 1. The third-order valence-corrected chi connectivity index (χ3v) is 7.44. The molecule has 10 heteroatoms. The Morgan fingerprint density at radius 2 is 1.20 bits per heavy atom. The highest BCUT2D eigenvalue weighted by molar-refractivity contribution is 6.60. The van der Waals surface area contributed by atoms with Crippen molar-refractivity contribution in [2.45, 2.75) is 53.0 Å². The Morgan fingerprint density at radius 3 is 1.52 bits per heavy atom. The molecule has 0 saturated carbocycles. The van der Waals surface area contributed by atoms with E-state index in [1.807, 2.05) is 20.8 Å². The summed E-state index contributed by atoms with van der Waals surface area (Å²) in [6, 6.07) is 0.955. The number of likely N-dealkylation sites (tertiary alicyclic amines) is 1. The van der Waals surface area contributed by atoms with Gasteiger partial charge in [-0.15, -0.1) is 0 Å². The fraction of sp³-hybridized carbons (Fsp3) is 1.00. The van der Waals surface area contributed by atoms with E-state index in [1.165, 1.54) is 43.4 Å². The van der Waals surface area contributed by atoms with Crippen LogP contribution in [0.1, 0.15) is 47.0 Å². The highest BCUT2D eigenvalue weighted by Crippen LogP contribution is 2.24. The maximum absolute atomic E-state index is 9.75. The average molecular weight is 391 g/mol. The van der Waals surface area contributed by atoms with Gasteiger partial charge >= 0.3 is 16.1 Å². The average Bonchev–Trinajstić information content (AvgIpc) is 2.53. The first kappa shape index (κ1) is 24.8. The van der Waals surface area contributed by atoms with Gasteiger partial charge in [-0.25, -0.2) is 0 Å². The minimum atomic E-state index is -6.00. The van der Waals surface area contributed by atoms with Gasteiger partial charge in [-0.1, -0.05) is 0 Å². The van der Waals surface area contributed by atoms with Crippen molar-refractivity contribution in [2.24, 2.45) is 0 Å². The molecule has 1 rings (SSSR count). The van der Waals surface area contributed by atoms with Crippen LogP contribution in [0.15, 0.2) is 0 Å². The summed E-state index contributed by atoms with van der Waals surface area (Å²) in [6.45, 7) is 15.4. The summed E-state index contributed by atoms with van der Waals surface area (Å²) < 4.78 is 58.2. The lowest BCUT2D eigenvalue weighted by atomic mass is 10.1. The normalized spacial score (nSPS) is 17.8. The van der Waals surface area contributed by atoms with E-state index in [9.17, 15) is 17.3 Å². The molecule has 0 aliphatic carbocycles. The third-order valence-electron chi connectivity index (χ3n) is 4.42. The summed E-state index contributed by atoms with van der Waals surface area (Å²) in [4.78, 5) is 0. The first-order chi connectivity index (χ1) is 11.7. The van der Waals surface area contributed by atoms with Crippen molar-refractivity contribution in [3.05, 3.63) is 0 Å². The van der Waals surface area contributed by atoms with Crippen molar-refractivity contribution in [3.63, 3.8) is 0 Å². The first-order valence-corrected chi connectivity index (χ1v) is 11.2. The molecule has 4 nitrogen and oxygen atoms in total. The molecule has 1 aliphatic heterocycles. The molecule has 1 heterocycles. The Hall–Kier alpha value is -0.158. The van der Waals surface area contributed by atoms with Gasteiger partial charge in [0.05, 0.1) is 32.2 Å². The van der Waals surface area contributed by atoms with E-state index in [-0.39, 0.29) is 0 Å². The summed E-state index contributed by atoms with van der Waals surface area (Å²) in [5, 5.41) is 0. The molecule has 0 N–H and O–H groups in total. The fourth-order valence-corrected chi connectivity index (χ4v) is 6.01. The molecule has 0 amide bonds. The zero-order valence-electron chi connectivity index (χ0n) is 16.0. The van der Waals surface area contributed by atoms with Crippen molar-refractivity contribution in [1.82, 2.24) is 0 Å². The van der Waals surface area contributed by atoms with Crippen LogP contribution >= 0.6 is 0 Å². The molecule has 25 heavy (non-hydrogen) atoms. The molecule has 1 fully saturated rings. The zero-order chi connectivity index (χ0) is 19.4. The molecule has 1 saturated heterocycles. The molecule has 1 aliphatic rings. The van der Waals surface area contributed by atoms with E-state index in [2.05, 4.69) is 6.92 Å². The summed E-state index contributed by atoms with van der Waals surface area (Å²) in [6.07, 6.45) is 4.12. The van der Waals surface area contributed by atoms with Gasteiger partial charge in [0.1, 0.15) is 0 Å². The maximum atomic E-state index is 9.75. The monoisotopic (exact) mass is 391 g/mol. The molecule has 0 bridgehead atoms. The third kappa shape index (κ3) is 11.2. The highest BCUT2D eigenvalue weighted by Gasteiger charge is 2.43. The second-order valence-corrected chi connectivity index (χ2v) is 8.85. The minimum absolute atomic E-state index is 0.679. The molecule has 0 aromatic rings. The molecule has 0 aromatic carbocycles. The smallest absolute Gasteiger partial charge is 0.418 e. The molecule has 0 aromatic heterocycles. The van der Waals surface area contributed by atoms with Gasteiger partial charge in [0, 0.05) is 19.8 Å². The van der Waals surface area contributed by atoms with E-state index in [1.54, 1.807) is 0 Å². The molecule has 0 atom stereocenters. The fourth-order valence-electron chi connectivity index (χ4n) is 3.26. The van der Waals surface area contributed by atoms with E-state index in [0.29, 0.717) is 19.8 Å². The molecule has 0 spiro atoms. The Labute approximate surface area is 150 Å². The summed E-state index contributed by atoms with van der Waals surface area (Å²) in [5.74, 6) is 0. The van der Waals surface area contributed by atoms with Gasteiger partial charge in [0.15, 0.2) is 0 Å². The molecule has 0 unspecified atom stereocenters. The minimum Gasteiger partial charge on any atom is -0.418 e. The molecule has 152 valence electrons. The quantitative estimate of drug-likeness (QED) is 0.315. The van der Waals surface area contributed by atoms with Gasteiger partial charge in [0.2, 0.25) is 0 Å². The van der Waals surface area contributed by atoms with Crippen molar-refractivity contribution in [2.75, 3.05) is 46.0 Å². The molecular weight excluding hydrogens is 357 g/mol. The van der Waals surface area contributed by atoms with Crippen LogP contribution in [0, 0.1) is 0 Å². The lowest BCUT2D eigenvalue weighted by Crippen LogP contribution is -2.56. The predicted octanol–water partition coefficient (Wildman–Crippen LogP) is 4.36. The Morgan fingerprint density at radius 1 is 0.800 bits per heavy atom. The SMILES string of the molecule is CCO[Si](CC[N+]1(CC)CCCCC1)(OCC)OCC.F[B-](F)(F)F. The van der Waals surface area contributed by atoms with Crippen LogP contribution in [0.3, 0.4) is 0 Å². The number of hydrogen-bond donors (Lipinski definition) is 0. The summed E-state index contributed by atoms with van der Waals surface area (Å²) in [7, 11) is -8.46. The Balaban J connectivity index is 0.00000101. The van der Waals surface area contributed by atoms with Crippen molar-refractivity contribution in [3.8, 4) is 0 Å². The van der Waals surface area contributed by atoms with Crippen molar-refractivity contribution in [1.29, 1.82) is 0 Å². The van der Waals surface area contributed by atoms with Crippen molar-refractivity contribution >= 4 is 16.1 Å². The number of rotatable bonds is 10. The van der Waals surface area contributed by atoms with Crippen LogP contribution < -0.4 is 0 Å².